The average Bonchev–Trinajstić information content (AvgIpc) is 3.97. The Morgan fingerprint density at radius 1 is 0.644 bits per heavy atom. The first-order chi connectivity index (χ1) is 34.3. The van der Waals surface area contributed by atoms with Gasteiger partial charge in [-0.05, 0) is 117 Å². The Labute approximate surface area is 413 Å². The van der Waals surface area contributed by atoms with E-state index in [0.29, 0.717) is 45.6 Å². The summed E-state index contributed by atoms with van der Waals surface area (Å²) in [5.41, 5.74) is 9.33. The van der Waals surface area contributed by atoms with Gasteiger partial charge in [-0.1, -0.05) is 12.2 Å². The first-order valence-electron chi connectivity index (χ1n) is 22.7. The third kappa shape index (κ3) is 14.5. The van der Waals surface area contributed by atoms with Gasteiger partial charge in [0.15, 0.2) is 5.78 Å². The number of aromatic nitrogens is 4. The average molecular weight is 1080 g/mol. The predicted octanol–water partition coefficient (Wildman–Crippen LogP) is 8.36. The van der Waals surface area contributed by atoms with Crippen LogP contribution in [0.1, 0.15) is 80.6 Å². The molecule has 396 valence electrons. The summed E-state index contributed by atoms with van der Waals surface area (Å²) >= 11 is 0. The Bertz CT molecular complexity index is 2880. The number of carboxylic acids is 1. The molecule has 3 N–H and O–H groups in total. The van der Waals surface area contributed by atoms with Crippen LogP contribution in [0.15, 0.2) is 95.3 Å². The molecule has 14 nitrogen and oxygen atoms in total. The highest BCUT2D eigenvalue weighted by molar-refractivity contribution is 7.89. The lowest BCUT2D eigenvalue weighted by molar-refractivity contribution is -0.176. The van der Waals surface area contributed by atoms with Crippen LogP contribution >= 0.6 is 0 Å². The number of alkyl halides is 8. The third-order valence-corrected chi connectivity index (χ3v) is 16.4. The molecular formula is C47H49F10N7O7S2. The van der Waals surface area contributed by atoms with E-state index >= 15 is 0 Å². The Hall–Kier alpha value is -5.70. The zero-order valence-electron chi connectivity index (χ0n) is 38.5. The Kier molecular flexibility index (Phi) is 18.3. The lowest BCUT2D eigenvalue weighted by atomic mass is 9.87. The molecule has 4 heterocycles. The van der Waals surface area contributed by atoms with E-state index in [2.05, 4.69) is 19.9 Å². The number of hydrogen-bond acceptors (Lipinski definition) is 11. The standard InChI is InChI=1S/C24H24F5N3O3S.C12H14F3N3.C11H11F2NO4S/c25-17-5-8-20(9-6-17)36(34,35)32-13-18(26)11-22(32)23(33)10-7-19-12-21(31-14-30-19)15-1-3-16(4-2-15)24(27,28)29;13-12(14,15)9-3-1-8(2-4-9)11-5-10(6-16)17-7-18-11;12-7-1-3-9(4-2-7)19(17,18)14-6-8(13)5-10(14)11(15)16/h1,5-6,8-9,12,14,16,18,22H,2-4,7,10-11,13H2;1,5,7,9H,2-4,6,16H2;1-4,8,10H,5-6H2,(H,15,16)/t16?,18-,22+;;8-,10+/m1.1/s1. The van der Waals surface area contributed by atoms with Gasteiger partial charge in [0.05, 0.1) is 44.8 Å². The second-order valence-corrected chi connectivity index (χ2v) is 21.3. The van der Waals surface area contributed by atoms with Crippen molar-refractivity contribution in [3.63, 3.8) is 0 Å². The van der Waals surface area contributed by atoms with Gasteiger partial charge in [0.1, 0.15) is 42.7 Å². The SMILES string of the molecule is NCc1cc(C2=CCC(C(F)(F)F)CC2)ncn1.O=C(CCc1cc(C2=CCC(C(F)(F)F)CC2)ncn1)[C@@H]1C[C@@H](F)CN1S(=O)(=O)c1ccc(F)cc1.O=C(O)[C@@H]1C[C@@H](F)CN1S(=O)(=O)c1ccc(F)cc1. The number of carboxylic acid groups (broad SMARTS) is 1. The molecule has 4 aliphatic rings. The maximum absolute atomic E-state index is 14.2. The number of nitrogens with zero attached hydrogens (tertiary/aromatic N) is 6. The summed E-state index contributed by atoms with van der Waals surface area (Å²) in [6.07, 6.45) is -5.58. The van der Waals surface area contributed by atoms with E-state index in [-0.39, 0.29) is 67.6 Å². The zero-order chi connectivity index (χ0) is 53.5. The molecule has 0 amide bonds. The molecule has 2 saturated heterocycles. The van der Waals surface area contributed by atoms with Crippen molar-refractivity contribution in [1.29, 1.82) is 0 Å². The maximum atomic E-state index is 14.2. The fourth-order valence-corrected chi connectivity index (χ4v) is 11.9. The van der Waals surface area contributed by atoms with Crippen LogP contribution in [0, 0.1) is 23.5 Å². The molecule has 2 aromatic heterocycles. The van der Waals surface area contributed by atoms with Gasteiger partial charge in [-0.15, -0.1) is 0 Å². The minimum Gasteiger partial charge on any atom is -0.480 e. The Morgan fingerprint density at radius 2 is 1.05 bits per heavy atom. The van der Waals surface area contributed by atoms with Crippen LogP contribution < -0.4 is 5.73 Å². The van der Waals surface area contributed by atoms with E-state index < -0.39 is 105 Å². The number of benzene rings is 2. The molecule has 2 aliphatic heterocycles. The largest absolute Gasteiger partial charge is 0.480 e. The lowest BCUT2D eigenvalue weighted by Crippen LogP contribution is -2.40. The smallest absolute Gasteiger partial charge is 0.392 e. The van der Waals surface area contributed by atoms with Crippen molar-refractivity contribution in [2.24, 2.45) is 17.6 Å². The molecule has 2 aromatic carbocycles. The third-order valence-electron chi connectivity index (χ3n) is 12.6. The molecule has 8 rings (SSSR count). The molecule has 2 fully saturated rings. The van der Waals surface area contributed by atoms with Gasteiger partial charge in [-0.3, -0.25) is 9.59 Å². The molecule has 6 atom stereocenters. The van der Waals surface area contributed by atoms with Gasteiger partial charge in [0, 0.05) is 44.6 Å². The highest BCUT2D eigenvalue weighted by atomic mass is 32.2. The molecule has 0 radical (unpaired) electrons. The highest BCUT2D eigenvalue weighted by Crippen LogP contribution is 2.40. The molecular weight excluding hydrogens is 1030 g/mol. The van der Waals surface area contributed by atoms with Crippen molar-refractivity contribution < 1.29 is 75.4 Å². The number of carbonyl (C=O) groups excluding carboxylic acids is 1. The van der Waals surface area contributed by atoms with Crippen LogP contribution in [0.3, 0.4) is 0 Å². The number of rotatable bonds is 12. The van der Waals surface area contributed by atoms with E-state index in [9.17, 15) is 70.3 Å². The number of carbonyl (C=O) groups is 2. The van der Waals surface area contributed by atoms with Crippen molar-refractivity contribution in [1.82, 2.24) is 28.5 Å². The summed E-state index contributed by atoms with van der Waals surface area (Å²) in [4.78, 5) is 39.7. The highest BCUT2D eigenvalue weighted by Gasteiger charge is 2.46. The number of aliphatic carboxylic acids is 1. The van der Waals surface area contributed by atoms with Crippen molar-refractivity contribution in [3.05, 3.63) is 120 Å². The van der Waals surface area contributed by atoms with Crippen LogP contribution in [0.4, 0.5) is 43.9 Å². The van der Waals surface area contributed by atoms with Gasteiger partial charge >= 0.3 is 18.3 Å². The van der Waals surface area contributed by atoms with Crippen molar-refractivity contribution in [2.75, 3.05) is 13.1 Å². The molecule has 4 aromatic rings. The van der Waals surface area contributed by atoms with Gasteiger partial charge in [-0.2, -0.15) is 35.0 Å². The monoisotopic (exact) mass is 1080 g/mol. The first kappa shape index (κ1) is 56.6. The number of ketones is 1. The van der Waals surface area contributed by atoms with E-state index in [1.54, 1.807) is 18.2 Å². The molecule has 0 spiro atoms. The second kappa shape index (κ2) is 23.7. The Morgan fingerprint density at radius 3 is 1.45 bits per heavy atom. The number of halogens is 10. The molecule has 26 heteroatoms. The van der Waals surface area contributed by atoms with Gasteiger partial charge < -0.3 is 10.8 Å². The summed E-state index contributed by atoms with van der Waals surface area (Å²) in [5, 5.41) is 8.92. The summed E-state index contributed by atoms with van der Waals surface area (Å²) in [6, 6.07) is 8.75. The van der Waals surface area contributed by atoms with Gasteiger partial charge in [-0.25, -0.2) is 54.3 Å². The van der Waals surface area contributed by atoms with Crippen molar-refractivity contribution in [2.45, 2.75) is 117 Å². The first-order valence-corrected chi connectivity index (χ1v) is 25.6. The molecule has 0 saturated carbocycles. The summed E-state index contributed by atoms with van der Waals surface area (Å²) in [7, 11) is -8.35. The van der Waals surface area contributed by atoms with E-state index in [1.165, 1.54) is 18.7 Å². The number of aryl methyl sites for hydroxylation is 1. The summed E-state index contributed by atoms with van der Waals surface area (Å²) in [5.74, 6) is -5.72. The minimum absolute atomic E-state index is 0.0286. The van der Waals surface area contributed by atoms with Gasteiger partial charge in [0.25, 0.3) is 0 Å². The van der Waals surface area contributed by atoms with Crippen LogP contribution in [0.2, 0.25) is 0 Å². The number of sulfonamides is 2. The number of Topliss-reactive ketones (excluding diaryl/α,β-unsaturated/α-hetero) is 1. The molecule has 73 heavy (non-hydrogen) atoms. The van der Waals surface area contributed by atoms with Crippen molar-refractivity contribution in [3.8, 4) is 0 Å². The van der Waals surface area contributed by atoms with E-state index in [0.717, 1.165) is 58.4 Å². The topological polar surface area (TPSA) is 207 Å². The lowest BCUT2D eigenvalue weighted by Gasteiger charge is -2.24. The fourth-order valence-electron chi connectivity index (χ4n) is 8.59. The van der Waals surface area contributed by atoms with Crippen LogP contribution in [-0.2, 0) is 42.6 Å². The second-order valence-electron chi connectivity index (χ2n) is 17.5. The number of hydrogen-bond donors (Lipinski definition) is 2. The number of nitrogens with two attached hydrogens (primary N) is 1. The maximum Gasteiger partial charge on any atom is 0.392 e. The predicted molar refractivity (Wildman–Crippen MR) is 243 cm³/mol. The van der Waals surface area contributed by atoms with Crippen LogP contribution in [-0.4, -0.2) is 112 Å². The number of allylic oxidation sites excluding steroid dienone is 4. The minimum atomic E-state index is -4.24. The zero-order valence-corrected chi connectivity index (χ0v) is 40.1. The fraction of sp³-hybridized carbons (Fsp3) is 0.447. The van der Waals surface area contributed by atoms with E-state index in [4.69, 9.17) is 10.8 Å². The normalized spacial score (nSPS) is 23.1. The quantitative estimate of drug-likeness (QED) is 0.128. The summed E-state index contributed by atoms with van der Waals surface area (Å²) in [6.45, 7) is -0.675. The molecule has 2 aliphatic carbocycles. The van der Waals surface area contributed by atoms with E-state index in [1.807, 2.05) is 0 Å². The Balaban J connectivity index is 0.000000197. The van der Waals surface area contributed by atoms with Crippen LogP contribution in [0.5, 0.6) is 0 Å². The van der Waals surface area contributed by atoms with Crippen LogP contribution in [0.25, 0.3) is 11.1 Å². The van der Waals surface area contributed by atoms with Gasteiger partial charge in [0.2, 0.25) is 20.0 Å². The molecule has 0 bridgehead atoms. The van der Waals surface area contributed by atoms with Crippen molar-refractivity contribution >= 4 is 42.9 Å². The molecule has 2 unspecified atom stereocenters. The summed E-state index contributed by atoms with van der Waals surface area (Å²) < 4.78 is 181.